The van der Waals surface area contributed by atoms with Crippen molar-refractivity contribution < 1.29 is 19.4 Å². The fourth-order valence-corrected chi connectivity index (χ4v) is 7.18. The highest BCUT2D eigenvalue weighted by Gasteiger charge is 2.62. The van der Waals surface area contributed by atoms with Gasteiger partial charge in [0.25, 0.3) is 0 Å². The van der Waals surface area contributed by atoms with Crippen LogP contribution in [0.2, 0.25) is 0 Å². The van der Waals surface area contributed by atoms with Gasteiger partial charge in [0.2, 0.25) is 5.91 Å². The summed E-state index contributed by atoms with van der Waals surface area (Å²) < 4.78 is 6.01. The molecule has 0 radical (unpaired) electrons. The second kappa shape index (κ2) is 10.9. The van der Waals surface area contributed by atoms with Crippen LogP contribution in [0.25, 0.3) is 0 Å². The van der Waals surface area contributed by atoms with Gasteiger partial charge in [-0.25, -0.2) is 9.78 Å². The third kappa shape index (κ3) is 5.40. The number of nitrogens with zero attached hydrogens (tertiary/aromatic N) is 2. The largest absolute Gasteiger partial charge is 0.480 e. The first-order valence-electron chi connectivity index (χ1n) is 14.7. The monoisotopic (exact) mass is 532 g/mol. The topological polar surface area (TPSA) is 113 Å². The summed E-state index contributed by atoms with van der Waals surface area (Å²) in [6.07, 6.45) is 13.5. The van der Waals surface area contributed by atoms with E-state index in [9.17, 15) is 14.7 Å². The molecule has 8 nitrogen and oxygen atoms in total. The van der Waals surface area contributed by atoms with E-state index in [0.29, 0.717) is 12.5 Å². The maximum Gasteiger partial charge on any atom is 0.326 e. The van der Waals surface area contributed by atoms with Gasteiger partial charge in [0.05, 0.1) is 17.2 Å². The Bertz CT molecular complexity index is 1180. The SMILES string of the molecule is O=C(O)C(CCOC1CC(CCc2ccc3c(n2)NCCC3)C1)NC(=O)C1(c2ccccn2)CC2(CCC2)C1. The van der Waals surface area contributed by atoms with Gasteiger partial charge in [0.1, 0.15) is 11.9 Å². The number of rotatable bonds is 11. The zero-order valence-corrected chi connectivity index (χ0v) is 22.7. The van der Waals surface area contributed by atoms with Gasteiger partial charge in [-0.05, 0) is 99.3 Å². The van der Waals surface area contributed by atoms with Crippen LogP contribution in [-0.4, -0.2) is 52.2 Å². The average molecular weight is 533 g/mol. The number of fused-ring (bicyclic) bond motifs is 1. The van der Waals surface area contributed by atoms with Crippen LogP contribution in [-0.2, 0) is 32.6 Å². The minimum Gasteiger partial charge on any atom is -0.480 e. The number of hydrogen-bond acceptors (Lipinski definition) is 6. The molecule has 3 fully saturated rings. The van der Waals surface area contributed by atoms with Gasteiger partial charge in [-0.1, -0.05) is 18.6 Å². The fraction of sp³-hybridized carbons (Fsp3) is 0.613. The first kappa shape index (κ1) is 26.2. The standard InChI is InChI=1S/C31H40N4O4/c36-28(37)25(35-29(38)31(26-6-1-2-14-32-26)19-30(20-31)12-4-13-30)11-16-39-24-17-21(18-24)7-9-23-10-8-22-5-3-15-33-27(22)34-23/h1-2,6,8,10,14,21,24-25H,3-5,7,9,11-13,15-20H2,(H,33,34)(H,35,38)(H,36,37). The summed E-state index contributed by atoms with van der Waals surface area (Å²) in [4.78, 5) is 34.8. The van der Waals surface area contributed by atoms with Gasteiger partial charge in [-0.2, -0.15) is 0 Å². The first-order valence-corrected chi connectivity index (χ1v) is 14.7. The molecule has 3 heterocycles. The van der Waals surface area contributed by atoms with Crippen molar-refractivity contribution in [3.8, 4) is 0 Å². The van der Waals surface area contributed by atoms with Crippen molar-refractivity contribution >= 4 is 17.7 Å². The number of carbonyl (C=O) groups is 2. The van der Waals surface area contributed by atoms with Crippen LogP contribution >= 0.6 is 0 Å². The number of aryl methyl sites for hydroxylation is 2. The molecule has 39 heavy (non-hydrogen) atoms. The molecular formula is C31H40N4O4. The van der Waals surface area contributed by atoms with Gasteiger partial charge in [-0.3, -0.25) is 9.78 Å². The summed E-state index contributed by atoms with van der Waals surface area (Å²) >= 11 is 0. The van der Waals surface area contributed by atoms with Crippen LogP contribution in [0.3, 0.4) is 0 Å². The van der Waals surface area contributed by atoms with Crippen molar-refractivity contribution in [1.82, 2.24) is 15.3 Å². The van der Waals surface area contributed by atoms with Crippen molar-refractivity contribution in [3.63, 3.8) is 0 Å². The zero-order chi connectivity index (χ0) is 26.9. The number of amides is 1. The molecule has 6 rings (SSSR count). The Labute approximate surface area is 230 Å². The highest BCUT2D eigenvalue weighted by atomic mass is 16.5. The lowest BCUT2D eigenvalue weighted by Crippen LogP contribution is -2.62. The normalized spacial score (nSPS) is 24.7. The van der Waals surface area contributed by atoms with Crippen LogP contribution in [0.5, 0.6) is 0 Å². The summed E-state index contributed by atoms with van der Waals surface area (Å²) in [6, 6.07) is 9.05. The number of carbonyl (C=O) groups excluding carboxylic acids is 1. The molecule has 0 saturated heterocycles. The van der Waals surface area contributed by atoms with E-state index in [-0.39, 0.29) is 23.8 Å². The van der Waals surface area contributed by atoms with Crippen LogP contribution in [0.15, 0.2) is 36.5 Å². The Balaban J connectivity index is 0.950. The predicted octanol–water partition coefficient (Wildman–Crippen LogP) is 4.42. The van der Waals surface area contributed by atoms with Crippen LogP contribution < -0.4 is 10.6 Å². The Morgan fingerprint density at radius 3 is 2.72 bits per heavy atom. The van der Waals surface area contributed by atoms with Gasteiger partial charge >= 0.3 is 5.97 Å². The molecule has 208 valence electrons. The number of ether oxygens (including phenoxy) is 1. The summed E-state index contributed by atoms with van der Waals surface area (Å²) in [5, 5.41) is 16.1. The van der Waals surface area contributed by atoms with Crippen molar-refractivity contribution in [2.75, 3.05) is 18.5 Å². The second-order valence-electron chi connectivity index (χ2n) is 12.4. The van der Waals surface area contributed by atoms with Crippen molar-refractivity contribution in [3.05, 3.63) is 53.5 Å². The highest BCUT2D eigenvalue weighted by molar-refractivity contribution is 5.92. The Kier molecular flexibility index (Phi) is 7.31. The molecule has 2 aromatic heterocycles. The molecule has 8 heteroatoms. The smallest absolute Gasteiger partial charge is 0.326 e. The summed E-state index contributed by atoms with van der Waals surface area (Å²) in [5.74, 6) is 0.450. The summed E-state index contributed by atoms with van der Waals surface area (Å²) in [6.45, 7) is 1.33. The molecule has 1 unspecified atom stereocenters. The van der Waals surface area contributed by atoms with Crippen LogP contribution in [0.1, 0.15) is 81.2 Å². The number of aliphatic carboxylic acids is 1. The minimum absolute atomic E-state index is 0.170. The van der Waals surface area contributed by atoms with Crippen LogP contribution in [0.4, 0.5) is 5.82 Å². The van der Waals surface area contributed by atoms with Crippen LogP contribution in [0, 0.1) is 11.3 Å². The Morgan fingerprint density at radius 1 is 1.15 bits per heavy atom. The van der Waals surface area contributed by atoms with Gasteiger partial charge in [0, 0.05) is 31.5 Å². The lowest BCUT2D eigenvalue weighted by atomic mass is 9.44. The first-order chi connectivity index (χ1) is 18.9. The molecule has 1 amide bonds. The fourth-order valence-electron chi connectivity index (χ4n) is 7.18. The van der Waals surface area contributed by atoms with E-state index in [1.165, 1.54) is 18.4 Å². The molecular weight excluding hydrogens is 492 g/mol. The molecule has 0 aromatic carbocycles. The number of anilines is 1. The van der Waals surface area contributed by atoms with Crippen molar-refractivity contribution in [2.45, 2.75) is 94.6 Å². The highest BCUT2D eigenvalue weighted by Crippen LogP contribution is 2.64. The molecule has 1 atom stereocenters. The third-order valence-electron chi connectivity index (χ3n) is 9.67. The van der Waals surface area contributed by atoms with E-state index >= 15 is 0 Å². The lowest BCUT2D eigenvalue weighted by Gasteiger charge is -2.59. The molecule has 2 aromatic rings. The van der Waals surface area contributed by atoms with Gasteiger partial charge < -0.3 is 20.5 Å². The minimum atomic E-state index is -1.01. The number of nitrogens with one attached hydrogen (secondary N) is 2. The summed E-state index contributed by atoms with van der Waals surface area (Å²) in [7, 11) is 0. The quantitative estimate of drug-likeness (QED) is 0.392. The maximum absolute atomic E-state index is 13.5. The number of carboxylic acid groups (broad SMARTS) is 1. The summed E-state index contributed by atoms with van der Waals surface area (Å²) in [5.41, 5.74) is 2.73. The van der Waals surface area contributed by atoms with Crippen molar-refractivity contribution in [2.24, 2.45) is 11.3 Å². The van der Waals surface area contributed by atoms with E-state index in [2.05, 4.69) is 27.8 Å². The number of pyridine rings is 2. The number of aromatic nitrogens is 2. The molecule has 3 aliphatic carbocycles. The molecule has 4 aliphatic rings. The number of carboxylic acids is 1. The average Bonchev–Trinajstić information content (AvgIpc) is 2.87. The number of hydrogen-bond donors (Lipinski definition) is 3. The molecule has 1 aliphatic heterocycles. The van der Waals surface area contributed by atoms with Gasteiger partial charge in [-0.15, -0.1) is 0 Å². The van der Waals surface area contributed by atoms with Gasteiger partial charge in [0.15, 0.2) is 0 Å². The predicted molar refractivity (Wildman–Crippen MR) is 147 cm³/mol. The Morgan fingerprint density at radius 2 is 2.00 bits per heavy atom. The molecule has 1 spiro atoms. The molecule has 0 bridgehead atoms. The van der Waals surface area contributed by atoms with E-state index < -0.39 is 17.4 Å². The molecule has 3 saturated carbocycles. The second-order valence-corrected chi connectivity index (χ2v) is 12.4. The maximum atomic E-state index is 13.5. The lowest BCUT2D eigenvalue weighted by molar-refractivity contribution is -0.150. The third-order valence-corrected chi connectivity index (χ3v) is 9.67. The van der Waals surface area contributed by atoms with E-state index in [1.54, 1.807) is 6.20 Å². The Hall–Kier alpha value is -3.00. The van der Waals surface area contributed by atoms with E-state index in [0.717, 1.165) is 81.5 Å². The van der Waals surface area contributed by atoms with E-state index in [1.807, 2.05) is 18.2 Å². The zero-order valence-electron chi connectivity index (χ0n) is 22.7. The molecule has 3 N–H and O–H groups in total. The van der Waals surface area contributed by atoms with E-state index in [4.69, 9.17) is 9.72 Å². The van der Waals surface area contributed by atoms with Crippen molar-refractivity contribution in [1.29, 1.82) is 0 Å².